The van der Waals surface area contributed by atoms with Crippen LogP contribution in [-0.2, 0) is 0 Å². The highest BCUT2D eigenvalue weighted by Gasteiger charge is 2.02. The first-order chi connectivity index (χ1) is 4.18. The molecule has 0 saturated carbocycles. The van der Waals surface area contributed by atoms with Crippen molar-refractivity contribution in [2.45, 2.75) is 12.8 Å². The lowest BCUT2D eigenvalue weighted by Crippen LogP contribution is -1.83. The van der Waals surface area contributed by atoms with Crippen LogP contribution in [0.4, 0.5) is 13.2 Å². The third-order valence-corrected chi connectivity index (χ3v) is 0.759. The van der Waals surface area contributed by atoms with Gasteiger partial charge in [-0.1, -0.05) is 0 Å². The molecule has 1 N–H and O–H groups in total. The number of hydrogen-bond acceptors (Lipinski definition) is 1. The van der Waals surface area contributed by atoms with Crippen LogP contribution in [0, 0.1) is 0 Å². The zero-order chi connectivity index (χ0) is 7.28. The monoisotopic (exact) mass is 140 g/mol. The molecule has 0 fully saturated rings. The quantitative estimate of drug-likeness (QED) is 0.634. The van der Waals surface area contributed by atoms with Gasteiger partial charge in [-0.2, -0.15) is 8.78 Å². The highest BCUT2D eigenvalue weighted by molar-refractivity contribution is 4.90. The molecule has 0 aromatic heterocycles. The summed E-state index contributed by atoms with van der Waals surface area (Å²) in [5, 5.41) is 8.06. The topological polar surface area (TPSA) is 20.2 Å². The number of aliphatic hydroxyl groups excluding tert-OH is 1. The predicted octanol–water partition coefficient (Wildman–Crippen LogP) is 1.84. The number of rotatable bonds is 3. The molecule has 54 valence electrons. The Kier molecular flexibility index (Phi) is 4.13. The number of hydrogen-bond donors (Lipinski definition) is 1. The van der Waals surface area contributed by atoms with E-state index in [4.69, 9.17) is 5.11 Å². The molecule has 0 aromatic rings. The van der Waals surface area contributed by atoms with Crippen LogP contribution < -0.4 is 0 Å². The van der Waals surface area contributed by atoms with Crippen molar-refractivity contribution in [1.82, 2.24) is 0 Å². The summed E-state index contributed by atoms with van der Waals surface area (Å²) in [5.74, 6) is -1.43. The van der Waals surface area contributed by atoms with Crippen molar-refractivity contribution >= 4 is 0 Å². The first-order valence-electron chi connectivity index (χ1n) is 2.49. The lowest BCUT2D eigenvalue weighted by Gasteiger charge is -1.90. The van der Waals surface area contributed by atoms with Crippen molar-refractivity contribution in [3.63, 3.8) is 0 Å². The van der Waals surface area contributed by atoms with E-state index in [1.54, 1.807) is 0 Å². The highest BCUT2D eigenvalue weighted by atomic mass is 19.3. The van der Waals surface area contributed by atoms with Gasteiger partial charge in [0.15, 0.2) is 5.83 Å². The Balaban J connectivity index is 3.50. The van der Waals surface area contributed by atoms with Gasteiger partial charge in [-0.25, -0.2) is 4.39 Å². The predicted molar refractivity (Wildman–Crippen MR) is 26.7 cm³/mol. The summed E-state index contributed by atoms with van der Waals surface area (Å²) in [5.41, 5.74) is 0. The number of allylic oxidation sites excluding steroid dienone is 1. The summed E-state index contributed by atoms with van der Waals surface area (Å²) in [7, 11) is 0. The van der Waals surface area contributed by atoms with Crippen molar-refractivity contribution in [2.75, 3.05) is 6.61 Å². The fourth-order valence-electron chi connectivity index (χ4n) is 0.329. The van der Waals surface area contributed by atoms with E-state index in [1.807, 2.05) is 0 Å². The number of halogens is 3. The van der Waals surface area contributed by atoms with E-state index in [1.165, 1.54) is 0 Å². The minimum atomic E-state index is -2.29. The molecule has 0 radical (unpaired) electrons. The smallest absolute Gasteiger partial charge is 0.301 e. The van der Waals surface area contributed by atoms with Crippen molar-refractivity contribution in [3.8, 4) is 0 Å². The van der Waals surface area contributed by atoms with Gasteiger partial charge in [0.05, 0.1) is 0 Å². The van der Waals surface area contributed by atoms with Crippen molar-refractivity contribution < 1.29 is 18.3 Å². The Bertz CT molecular complexity index is 107. The first-order valence-corrected chi connectivity index (χ1v) is 2.49. The number of aliphatic hydroxyl groups is 1. The van der Waals surface area contributed by atoms with Crippen LogP contribution in [-0.4, -0.2) is 11.7 Å². The second-order valence-corrected chi connectivity index (χ2v) is 1.49. The molecule has 0 aliphatic carbocycles. The molecule has 0 aliphatic heterocycles. The summed E-state index contributed by atoms with van der Waals surface area (Å²) >= 11 is 0. The Morgan fingerprint density at radius 3 is 2.11 bits per heavy atom. The van der Waals surface area contributed by atoms with Gasteiger partial charge in [-0.3, -0.25) is 0 Å². The van der Waals surface area contributed by atoms with Gasteiger partial charge in [0.25, 0.3) is 0 Å². The second kappa shape index (κ2) is 4.38. The van der Waals surface area contributed by atoms with Gasteiger partial charge >= 0.3 is 6.08 Å². The molecule has 0 amide bonds. The zero-order valence-corrected chi connectivity index (χ0v) is 4.70. The molecule has 0 atom stereocenters. The summed E-state index contributed by atoms with van der Waals surface area (Å²) in [6.07, 6.45) is -2.62. The largest absolute Gasteiger partial charge is 0.396 e. The molecule has 0 rings (SSSR count). The van der Waals surface area contributed by atoms with Gasteiger partial charge in [-0.15, -0.1) is 0 Å². The van der Waals surface area contributed by atoms with E-state index in [0.717, 1.165) is 0 Å². The van der Waals surface area contributed by atoms with Crippen molar-refractivity contribution in [3.05, 3.63) is 11.9 Å². The van der Waals surface area contributed by atoms with Crippen LogP contribution in [0.2, 0.25) is 0 Å². The van der Waals surface area contributed by atoms with Crippen LogP contribution in [0.25, 0.3) is 0 Å². The molecule has 4 heteroatoms. The first kappa shape index (κ1) is 8.49. The maximum atomic E-state index is 11.7. The molecular formula is C5H7F3O. The maximum absolute atomic E-state index is 11.7. The molecule has 0 unspecified atom stereocenters. The van der Waals surface area contributed by atoms with Crippen LogP contribution in [0.5, 0.6) is 0 Å². The third-order valence-electron chi connectivity index (χ3n) is 0.759. The Labute approximate surface area is 50.8 Å². The molecule has 0 spiro atoms. The minimum Gasteiger partial charge on any atom is -0.396 e. The molecule has 0 aliphatic rings. The molecule has 0 heterocycles. The fourth-order valence-corrected chi connectivity index (χ4v) is 0.329. The van der Waals surface area contributed by atoms with Crippen molar-refractivity contribution in [1.29, 1.82) is 0 Å². The zero-order valence-electron chi connectivity index (χ0n) is 4.70. The summed E-state index contributed by atoms with van der Waals surface area (Å²) in [6, 6.07) is 0. The summed E-state index contributed by atoms with van der Waals surface area (Å²) in [4.78, 5) is 0. The maximum Gasteiger partial charge on any atom is 0.301 e. The molecule has 0 aromatic carbocycles. The van der Waals surface area contributed by atoms with Crippen LogP contribution in [0.15, 0.2) is 11.9 Å². The standard InChI is InChI=1S/C5H7F3O/c6-4(5(7)8)2-1-3-9/h9H,1-3H2. The Morgan fingerprint density at radius 2 is 1.78 bits per heavy atom. The van der Waals surface area contributed by atoms with Gasteiger partial charge in [0.1, 0.15) is 0 Å². The van der Waals surface area contributed by atoms with E-state index in [-0.39, 0.29) is 19.4 Å². The highest BCUT2D eigenvalue weighted by Crippen LogP contribution is 2.13. The molecule has 9 heavy (non-hydrogen) atoms. The van der Waals surface area contributed by atoms with Gasteiger partial charge < -0.3 is 5.11 Å². The van der Waals surface area contributed by atoms with Gasteiger partial charge in [-0.05, 0) is 6.42 Å². The van der Waals surface area contributed by atoms with E-state index >= 15 is 0 Å². The van der Waals surface area contributed by atoms with Crippen molar-refractivity contribution in [2.24, 2.45) is 0 Å². The normalized spacial score (nSPS) is 9.33. The van der Waals surface area contributed by atoms with Crippen LogP contribution in [0.1, 0.15) is 12.8 Å². The second-order valence-electron chi connectivity index (χ2n) is 1.49. The SMILES string of the molecule is OCCCC(F)=C(F)F. The average Bonchev–Trinajstić information content (AvgIpc) is 1.82. The molecular weight excluding hydrogens is 133 g/mol. The van der Waals surface area contributed by atoms with E-state index in [2.05, 4.69) is 0 Å². The molecule has 0 bridgehead atoms. The Hall–Kier alpha value is -0.510. The summed E-state index contributed by atoms with van der Waals surface area (Å²) < 4.78 is 34.1. The Morgan fingerprint density at radius 1 is 1.22 bits per heavy atom. The van der Waals surface area contributed by atoms with E-state index < -0.39 is 11.9 Å². The lowest BCUT2D eigenvalue weighted by molar-refractivity contribution is 0.279. The van der Waals surface area contributed by atoms with E-state index in [0.29, 0.717) is 0 Å². The van der Waals surface area contributed by atoms with Gasteiger partial charge in [0.2, 0.25) is 0 Å². The van der Waals surface area contributed by atoms with Crippen LogP contribution >= 0.6 is 0 Å². The molecule has 1 nitrogen and oxygen atoms in total. The summed E-state index contributed by atoms with van der Waals surface area (Å²) in [6.45, 7) is -0.263. The van der Waals surface area contributed by atoms with E-state index in [9.17, 15) is 13.2 Å². The minimum absolute atomic E-state index is 0.0448. The van der Waals surface area contributed by atoms with Gasteiger partial charge in [0, 0.05) is 13.0 Å². The third kappa shape index (κ3) is 4.02. The fraction of sp³-hybridized carbons (Fsp3) is 0.600. The molecule has 0 saturated heterocycles. The van der Waals surface area contributed by atoms with Crippen LogP contribution in [0.3, 0.4) is 0 Å². The average molecular weight is 140 g/mol. The lowest BCUT2D eigenvalue weighted by atomic mass is 10.3.